The molecule has 0 fully saturated rings. The highest BCUT2D eigenvalue weighted by Crippen LogP contribution is 2.27. The zero-order valence-corrected chi connectivity index (χ0v) is 21.1. The summed E-state index contributed by atoms with van der Waals surface area (Å²) < 4.78 is 9.64. The summed E-state index contributed by atoms with van der Waals surface area (Å²) in [5, 5.41) is 5.79. The summed E-state index contributed by atoms with van der Waals surface area (Å²) in [5.74, 6) is 1.72. The first-order valence-corrected chi connectivity index (χ1v) is 12.0. The number of hydrogen-bond donors (Lipinski definition) is 0. The normalized spacial score (nSPS) is 11.6. The maximum Gasteiger partial charge on any atom is 0.252 e. The van der Waals surface area contributed by atoms with E-state index in [0.717, 1.165) is 39.2 Å². The third kappa shape index (κ3) is 4.09. The molecular formula is C29H30N4O2. The van der Waals surface area contributed by atoms with Crippen molar-refractivity contribution in [3.63, 3.8) is 0 Å². The number of rotatable bonds is 5. The lowest BCUT2D eigenvalue weighted by Crippen LogP contribution is -2.23. The number of pyridine rings is 1. The first kappa shape index (κ1) is 22.8. The lowest BCUT2D eigenvalue weighted by Gasteiger charge is -2.12. The molecule has 178 valence electrons. The fourth-order valence-corrected chi connectivity index (χ4v) is 4.54. The van der Waals surface area contributed by atoms with Crippen molar-refractivity contribution in [1.29, 1.82) is 0 Å². The van der Waals surface area contributed by atoms with Gasteiger partial charge < -0.3 is 4.42 Å². The number of nitrogens with zero attached hydrogens (tertiary/aromatic N) is 4. The number of fused-ring (bicyclic) bond motifs is 1. The van der Waals surface area contributed by atoms with Crippen LogP contribution in [0.4, 0.5) is 0 Å². The minimum absolute atomic E-state index is 0.0894. The number of aromatic nitrogens is 4. The Balaban J connectivity index is 1.62. The SMILES string of the molecule is Cc1ccc(-n2nc(C)c3c(C)cc(=O)n(Cc4nc(-c5ccc(C(C)C)cc5)oc4C)c32)cc1. The molecule has 6 heteroatoms. The van der Waals surface area contributed by atoms with Gasteiger partial charge in [-0.2, -0.15) is 5.10 Å². The third-order valence-electron chi connectivity index (χ3n) is 6.60. The van der Waals surface area contributed by atoms with E-state index in [1.807, 2.05) is 49.7 Å². The maximum atomic E-state index is 13.3. The molecule has 3 aromatic heterocycles. The van der Waals surface area contributed by atoms with Crippen LogP contribution in [0.15, 0.2) is 63.8 Å². The Morgan fingerprint density at radius 2 is 1.63 bits per heavy atom. The topological polar surface area (TPSA) is 65.8 Å². The highest BCUT2D eigenvalue weighted by molar-refractivity contribution is 5.83. The van der Waals surface area contributed by atoms with Crippen molar-refractivity contribution in [2.45, 2.75) is 54.0 Å². The molecule has 6 nitrogen and oxygen atoms in total. The Kier molecular flexibility index (Phi) is 5.67. The number of hydrogen-bond acceptors (Lipinski definition) is 4. The van der Waals surface area contributed by atoms with E-state index in [9.17, 15) is 4.79 Å². The van der Waals surface area contributed by atoms with Gasteiger partial charge in [-0.1, -0.05) is 43.7 Å². The van der Waals surface area contributed by atoms with Gasteiger partial charge in [0.15, 0.2) is 0 Å². The second kappa shape index (κ2) is 8.69. The first-order valence-electron chi connectivity index (χ1n) is 12.0. The smallest absolute Gasteiger partial charge is 0.252 e. The molecule has 0 unspecified atom stereocenters. The fraction of sp³-hybridized carbons (Fsp3) is 0.276. The van der Waals surface area contributed by atoms with Crippen molar-refractivity contribution >= 4 is 11.0 Å². The minimum atomic E-state index is -0.0894. The van der Waals surface area contributed by atoms with E-state index in [0.29, 0.717) is 24.1 Å². The van der Waals surface area contributed by atoms with Gasteiger partial charge >= 0.3 is 0 Å². The number of benzene rings is 2. The highest BCUT2D eigenvalue weighted by Gasteiger charge is 2.20. The highest BCUT2D eigenvalue weighted by atomic mass is 16.4. The summed E-state index contributed by atoms with van der Waals surface area (Å²) in [6.07, 6.45) is 0. The maximum absolute atomic E-state index is 13.3. The second-order valence-corrected chi connectivity index (χ2v) is 9.58. The van der Waals surface area contributed by atoms with Crippen LogP contribution in [0.5, 0.6) is 0 Å². The van der Waals surface area contributed by atoms with Gasteiger partial charge in [-0.25, -0.2) is 9.67 Å². The number of oxazole rings is 1. The largest absolute Gasteiger partial charge is 0.441 e. The summed E-state index contributed by atoms with van der Waals surface area (Å²) >= 11 is 0. The molecule has 0 bridgehead atoms. The van der Waals surface area contributed by atoms with Gasteiger partial charge in [-0.15, -0.1) is 0 Å². The van der Waals surface area contributed by atoms with Crippen molar-refractivity contribution in [3.8, 4) is 17.1 Å². The Morgan fingerprint density at radius 3 is 2.29 bits per heavy atom. The summed E-state index contributed by atoms with van der Waals surface area (Å²) in [7, 11) is 0. The van der Waals surface area contributed by atoms with Crippen LogP contribution in [0.1, 0.15) is 53.6 Å². The van der Waals surface area contributed by atoms with E-state index >= 15 is 0 Å². The quantitative estimate of drug-likeness (QED) is 0.307. The molecule has 0 amide bonds. The van der Waals surface area contributed by atoms with Gasteiger partial charge in [-0.3, -0.25) is 9.36 Å². The zero-order valence-electron chi connectivity index (χ0n) is 21.1. The lowest BCUT2D eigenvalue weighted by atomic mass is 10.0. The molecule has 0 saturated carbocycles. The molecule has 5 aromatic rings. The second-order valence-electron chi connectivity index (χ2n) is 9.58. The Labute approximate surface area is 204 Å². The van der Waals surface area contributed by atoms with Crippen LogP contribution >= 0.6 is 0 Å². The average molecular weight is 467 g/mol. The van der Waals surface area contributed by atoms with E-state index in [1.165, 1.54) is 11.1 Å². The molecule has 2 aromatic carbocycles. The Hall–Kier alpha value is -3.93. The van der Waals surface area contributed by atoms with Crippen LogP contribution in [0.2, 0.25) is 0 Å². The summed E-state index contributed by atoms with van der Waals surface area (Å²) in [4.78, 5) is 18.0. The Bertz CT molecular complexity index is 1580. The molecule has 0 spiro atoms. The van der Waals surface area contributed by atoms with Crippen molar-refractivity contribution in [2.75, 3.05) is 0 Å². The monoisotopic (exact) mass is 466 g/mol. The average Bonchev–Trinajstić information content (AvgIpc) is 3.37. The van der Waals surface area contributed by atoms with Gasteiger partial charge in [0.25, 0.3) is 5.56 Å². The molecule has 3 heterocycles. The Morgan fingerprint density at radius 1 is 0.943 bits per heavy atom. The van der Waals surface area contributed by atoms with E-state index in [4.69, 9.17) is 14.5 Å². The van der Waals surface area contributed by atoms with Crippen LogP contribution in [0.3, 0.4) is 0 Å². The summed E-state index contributed by atoms with van der Waals surface area (Å²) in [5.41, 5.74) is 7.48. The zero-order chi connectivity index (χ0) is 24.9. The molecular weight excluding hydrogens is 436 g/mol. The third-order valence-corrected chi connectivity index (χ3v) is 6.60. The van der Waals surface area contributed by atoms with Crippen LogP contribution in [-0.2, 0) is 6.54 Å². The molecule has 0 saturated heterocycles. The van der Waals surface area contributed by atoms with Crippen molar-refractivity contribution in [1.82, 2.24) is 19.3 Å². The minimum Gasteiger partial charge on any atom is -0.441 e. The van der Waals surface area contributed by atoms with E-state index in [2.05, 4.69) is 45.0 Å². The van der Waals surface area contributed by atoms with Gasteiger partial charge in [0.2, 0.25) is 5.89 Å². The van der Waals surface area contributed by atoms with Crippen LogP contribution < -0.4 is 5.56 Å². The van der Waals surface area contributed by atoms with Gasteiger partial charge in [0, 0.05) is 17.0 Å². The molecule has 0 aliphatic rings. The van der Waals surface area contributed by atoms with E-state index < -0.39 is 0 Å². The molecule has 0 aliphatic carbocycles. The predicted octanol–water partition coefficient (Wildman–Crippen LogP) is 6.25. The van der Waals surface area contributed by atoms with Crippen LogP contribution in [-0.4, -0.2) is 19.3 Å². The van der Waals surface area contributed by atoms with Crippen molar-refractivity contribution in [2.24, 2.45) is 0 Å². The predicted molar refractivity (Wildman–Crippen MR) is 139 cm³/mol. The summed E-state index contributed by atoms with van der Waals surface area (Å²) in [6, 6.07) is 18.1. The van der Waals surface area contributed by atoms with Gasteiger partial charge in [0.05, 0.1) is 17.9 Å². The molecule has 35 heavy (non-hydrogen) atoms. The first-order chi connectivity index (χ1) is 16.7. The summed E-state index contributed by atoms with van der Waals surface area (Å²) in [6.45, 7) is 12.5. The lowest BCUT2D eigenvalue weighted by molar-refractivity contribution is 0.537. The molecule has 0 atom stereocenters. The standard InChI is InChI=1S/C29H30N4O2/c1-17(2)22-9-11-23(12-10-22)28-30-25(21(6)35-28)16-32-26(34)15-19(4)27-20(5)31-33(29(27)32)24-13-7-18(3)8-14-24/h7-15,17H,16H2,1-6H3. The fourth-order valence-electron chi connectivity index (χ4n) is 4.54. The molecule has 0 radical (unpaired) electrons. The number of aryl methyl sites for hydroxylation is 4. The molecule has 0 N–H and O–H groups in total. The van der Waals surface area contributed by atoms with E-state index in [-0.39, 0.29) is 5.56 Å². The molecule has 5 rings (SSSR count). The molecule has 0 aliphatic heterocycles. The van der Waals surface area contributed by atoms with Crippen molar-refractivity contribution < 1.29 is 4.42 Å². The van der Waals surface area contributed by atoms with Gasteiger partial charge in [0.1, 0.15) is 17.1 Å². The van der Waals surface area contributed by atoms with Crippen LogP contribution in [0.25, 0.3) is 28.2 Å². The van der Waals surface area contributed by atoms with E-state index in [1.54, 1.807) is 10.6 Å². The van der Waals surface area contributed by atoms with Crippen LogP contribution in [0, 0.1) is 27.7 Å². The van der Waals surface area contributed by atoms with Gasteiger partial charge in [-0.05, 0) is 69.0 Å². The van der Waals surface area contributed by atoms with Crippen molar-refractivity contribution in [3.05, 3.63) is 98.8 Å².